The number of aryl methyl sites for hydroxylation is 1. The maximum Gasteiger partial charge on any atom is 0.226 e. The second-order valence-electron chi connectivity index (χ2n) is 5.68. The van der Waals surface area contributed by atoms with E-state index in [0.717, 1.165) is 37.6 Å². The van der Waals surface area contributed by atoms with Gasteiger partial charge in [-0.1, -0.05) is 5.16 Å². The average Bonchev–Trinajstić information content (AvgIpc) is 2.88. The first-order chi connectivity index (χ1) is 9.20. The zero-order chi connectivity index (χ0) is 13.7. The van der Waals surface area contributed by atoms with Crippen LogP contribution in [-0.4, -0.2) is 47.8 Å². The predicted molar refractivity (Wildman–Crippen MR) is 75.2 cm³/mol. The van der Waals surface area contributed by atoms with Crippen molar-refractivity contribution in [2.75, 3.05) is 26.7 Å². The number of aromatic nitrogens is 2. The number of nitrogens with one attached hydrogen (secondary N) is 1. The molecule has 19 heavy (non-hydrogen) atoms. The van der Waals surface area contributed by atoms with E-state index in [-0.39, 0.29) is 0 Å². The Labute approximate surface area is 115 Å². The van der Waals surface area contributed by atoms with Gasteiger partial charge in [0.15, 0.2) is 5.82 Å². The molecule has 0 saturated carbocycles. The van der Waals surface area contributed by atoms with Gasteiger partial charge in [0.2, 0.25) is 5.89 Å². The van der Waals surface area contributed by atoms with Crippen molar-refractivity contribution in [3.05, 3.63) is 11.7 Å². The summed E-state index contributed by atoms with van der Waals surface area (Å²) in [4.78, 5) is 7.07. The largest absolute Gasteiger partial charge is 0.339 e. The Balaban J connectivity index is 1.90. The Morgan fingerprint density at radius 3 is 3.05 bits per heavy atom. The fraction of sp³-hybridized carbons (Fsp3) is 0.857. The van der Waals surface area contributed by atoms with Crippen LogP contribution in [-0.2, 0) is 6.42 Å². The van der Waals surface area contributed by atoms with Crippen LogP contribution in [0.15, 0.2) is 4.52 Å². The SMILES string of the molecule is CNCCCc1nc(C2CCCN(C(C)C)C2)no1. The molecule has 1 aliphatic heterocycles. The van der Waals surface area contributed by atoms with E-state index in [1.54, 1.807) is 0 Å². The highest BCUT2D eigenvalue weighted by molar-refractivity contribution is 4.99. The van der Waals surface area contributed by atoms with E-state index < -0.39 is 0 Å². The summed E-state index contributed by atoms with van der Waals surface area (Å²) in [6, 6.07) is 0.602. The normalized spacial score (nSPS) is 21.2. The van der Waals surface area contributed by atoms with Crippen molar-refractivity contribution in [2.24, 2.45) is 0 Å². The molecule has 0 bridgehead atoms. The first-order valence-electron chi connectivity index (χ1n) is 7.42. The minimum Gasteiger partial charge on any atom is -0.339 e. The summed E-state index contributed by atoms with van der Waals surface area (Å²) >= 11 is 0. The lowest BCUT2D eigenvalue weighted by Crippen LogP contribution is -2.39. The molecule has 0 radical (unpaired) electrons. The summed E-state index contributed by atoms with van der Waals surface area (Å²) in [5.41, 5.74) is 0. The van der Waals surface area contributed by atoms with Crippen LogP contribution < -0.4 is 5.32 Å². The molecule has 5 nitrogen and oxygen atoms in total. The van der Waals surface area contributed by atoms with Crippen LogP contribution in [0.4, 0.5) is 0 Å². The Hall–Kier alpha value is -0.940. The monoisotopic (exact) mass is 266 g/mol. The highest BCUT2D eigenvalue weighted by atomic mass is 16.5. The Morgan fingerprint density at radius 2 is 2.32 bits per heavy atom. The van der Waals surface area contributed by atoms with Crippen LogP contribution in [0.5, 0.6) is 0 Å². The fourth-order valence-electron chi connectivity index (χ4n) is 2.64. The fourth-order valence-corrected chi connectivity index (χ4v) is 2.64. The van der Waals surface area contributed by atoms with Gasteiger partial charge in [-0.05, 0) is 53.2 Å². The van der Waals surface area contributed by atoms with Crippen LogP contribution in [0.25, 0.3) is 0 Å². The standard InChI is InChI=1S/C14H26N4O/c1-11(2)18-9-5-6-12(10-18)14-16-13(19-17-14)7-4-8-15-3/h11-12,15H,4-10H2,1-3H3. The molecule has 1 saturated heterocycles. The molecule has 108 valence electrons. The molecular weight excluding hydrogens is 240 g/mol. The van der Waals surface area contributed by atoms with Crippen molar-refractivity contribution < 1.29 is 4.52 Å². The summed E-state index contributed by atoms with van der Waals surface area (Å²) < 4.78 is 5.35. The molecule has 2 heterocycles. The third kappa shape index (κ3) is 4.01. The van der Waals surface area contributed by atoms with Crippen LogP contribution in [0.2, 0.25) is 0 Å². The minimum absolute atomic E-state index is 0.443. The van der Waals surface area contributed by atoms with E-state index in [4.69, 9.17) is 4.52 Å². The van der Waals surface area contributed by atoms with Gasteiger partial charge >= 0.3 is 0 Å². The van der Waals surface area contributed by atoms with Gasteiger partial charge < -0.3 is 14.7 Å². The zero-order valence-electron chi connectivity index (χ0n) is 12.4. The van der Waals surface area contributed by atoms with E-state index in [1.165, 1.54) is 19.4 Å². The van der Waals surface area contributed by atoms with E-state index in [9.17, 15) is 0 Å². The maximum atomic E-state index is 5.35. The number of likely N-dealkylation sites (tertiary alicyclic amines) is 1. The van der Waals surface area contributed by atoms with Gasteiger partial charge in [0, 0.05) is 24.9 Å². The molecule has 2 rings (SSSR count). The molecule has 1 fully saturated rings. The number of hydrogen-bond donors (Lipinski definition) is 1. The first-order valence-corrected chi connectivity index (χ1v) is 7.42. The lowest BCUT2D eigenvalue weighted by Gasteiger charge is -2.34. The van der Waals surface area contributed by atoms with Crippen LogP contribution in [0.3, 0.4) is 0 Å². The van der Waals surface area contributed by atoms with Crippen LogP contribution in [0, 0.1) is 0 Å². The van der Waals surface area contributed by atoms with Gasteiger partial charge in [0.25, 0.3) is 0 Å². The van der Waals surface area contributed by atoms with E-state index in [0.29, 0.717) is 12.0 Å². The zero-order valence-corrected chi connectivity index (χ0v) is 12.4. The van der Waals surface area contributed by atoms with E-state index >= 15 is 0 Å². The lowest BCUT2D eigenvalue weighted by molar-refractivity contribution is 0.163. The summed E-state index contributed by atoms with van der Waals surface area (Å²) in [5, 5.41) is 7.31. The molecule has 1 aromatic rings. The molecule has 1 aliphatic rings. The van der Waals surface area contributed by atoms with Gasteiger partial charge in [0.05, 0.1) is 0 Å². The number of rotatable bonds is 6. The van der Waals surface area contributed by atoms with E-state index in [2.05, 4.69) is 34.2 Å². The highest BCUT2D eigenvalue weighted by Crippen LogP contribution is 2.26. The molecule has 0 aliphatic carbocycles. The summed E-state index contributed by atoms with van der Waals surface area (Å²) in [5.74, 6) is 2.13. The van der Waals surface area contributed by atoms with Crippen molar-refractivity contribution in [3.8, 4) is 0 Å². The van der Waals surface area contributed by atoms with Crippen LogP contribution >= 0.6 is 0 Å². The van der Waals surface area contributed by atoms with Crippen LogP contribution in [0.1, 0.15) is 50.7 Å². The molecule has 1 unspecified atom stereocenters. The maximum absolute atomic E-state index is 5.35. The summed E-state index contributed by atoms with van der Waals surface area (Å²) in [6.07, 6.45) is 4.32. The first kappa shape index (κ1) is 14.5. The van der Waals surface area contributed by atoms with Gasteiger partial charge in [-0.15, -0.1) is 0 Å². The molecule has 0 aromatic carbocycles. The molecule has 1 N–H and O–H groups in total. The van der Waals surface area contributed by atoms with Crippen molar-refractivity contribution in [1.82, 2.24) is 20.4 Å². The number of nitrogens with zero attached hydrogens (tertiary/aromatic N) is 3. The smallest absolute Gasteiger partial charge is 0.226 e. The minimum atomic E-state index is 0.443. The van der Waals surface area contributed by atoms with Crippen molar-refractivity contribution >= 4 is 0 Å². The summed E-state index contributed by atoms with van der Waals surface area (Å²) in [6.45, 7) is 7.75. The molecular formula is C14H26N4O. The summed E-state index contributed by atoms with van der Waals surface area (Å²) in [7, 11) is 1.96. The number of hydrogen-bond acceptors (Lipinski definition) is 5. The van der Waals surface area contributed by atoms with Gasteiger partial charge in [-0.3, -0.25) is 0 Å². The van der Waals surface area contributed by atoms with Crippen molar-refractivity contribution in [1.29, 1.82) is 0 Å². The predicted octanol–water partition coefficient (Wildman–Crippen LogP) is 1.81. The Morgan fingerprint density at radius 1 is 1.47 bits per heavy atom. The molecule has 5 heteroatoms. The molecule has 1 aromatic heterocycles. The average molecular weight is 266 g/mol. The van der Waals surface area contributed by atoms with Gasteiger partial charge in [0.1, 0.15) is 0 Å². The quantitative estimate of drug-likeness (QED) is 0.796. The highest BCUT2D eigenvalue weighted by Gasteiger charge is 2.26. The van der Waals surface area contributed by atoms with E-state index in [1.807, 2.05) is 7.05 Å². The van der Waals surface area contributed by atoms with Crippen molar-refractivity contribution in [3.63, 3.8) is 0 Å². The Kier molecular flexibility index (Phi) is 5.34. The molecule has 0 spiro atoms. The molecule has 1 atom stereocenters. The van der Waals surface area contributed by atoms with Crippen molar-refractivity contribution in [2.45, 2.75) is 51.5 Å². The topological polar surface area (TPSA) is 54.2 Å². The van der Waals surface area contributed by atoms with Gasteiger partial charge in [-0.2, -0.15) is 4.98 Å². The second-order valence-corrected chi connectivity index (χ2v) is 5.68. The third-order valence-corrected chi connectivity index (χ3v) is 3.85. The third-order valence-electron chi connectivity index (χ3n) is 3.85. The number of piperidine rings is 1. The molecule has 0 amide bonds. The Bertz CT molecular complexity index is 377. The lowest BCUT2D eigenvalue weighted by atomic mass is 9.96. The van der Waals surface area contributed by atoms with Gasteiger partial charge in [-0.25, -0.2) is 0 Å². The second kappa shape index (κ2) is 7.01.